The van der Waals surface area contributed by atoms with Crippen molar-refractivity contribution in [2.45, 2.75) is 32.1 Å². The van der Waals surface area contributed by atoms with Crippen LogP contribution >= 0.6 is 11.6 Å². The van der Waals surface area contributed by atoms with Crippen LogP contribution in [0.4, 0.5) is 0 Å². The largest absolute Gasteiger partial charge is 0.469 e. The van der Waals surface area contributed by atoms with Gasteiger partial charge in [-0.15, -0.1) is 0 Å². The Balaban J connectivity index is 2.01. The molecule has 0 radical (unpaired) electrons. The molecule has 8 nitrogen and oxygen atoms in total. The van der Waals surface area contributed by atoms with Gasteiger partial charge in [0.2, 0.25) is 0 Å². The number of nitrogens with zero attached hydrogens (tertiary/aromatic N) is 4. The van der Waals surface area contributed by atoms with Crippen molar-refractivity contribution in [2.75, 3.05) is 20.3 Å². The van der Waals surface area contributed by atoms with Gasteiger partial charge in [-0.2, -0.15) is 0 Å². The molecule has 1 saturated carbocycles. The fourth-order valence-corrected chi connectivity index (χ4v) is 3.46. The average Bonchev–Trinajstić information content (AvgIpc) is 2.97. The second-order valence-electron chi connectivity index (χ2n) is 5.44. The topological polar surface area (TPSA) is 88.4 Å². The molecule has 2 atom stereocenters. The van der Waals surface area contributed by atoms with Crippen molar-refractivity contribution in [3.05, 3.63) is 17.8 Å². The molecule has 130 valence electrons. The number of methoxy groups -OCH3 is 1. The predicted molar refractivity (Wildman–Crippen MR) is 85.5 cm³/mol. The van der Waals surface area contributed by atoms with Crippen molar-refractivity contribution in [3.8, 4) is 0 Å². The number of carbonyl (C=O) groups excluding carboxylic acids is 1. The number of carbonyl (C=O) groups is 1. The van der Waals surface area contributed by atoms with Gasteiger partial charge in [-0.05, 0) is 13.8 Å². The van der Waals surface area contributed by atoms with E-state index in [9.17, 15) is 4.79 Å². The number of rotatable bonds is 6. The molecule has 0 N–H and O–H groups in total. The van der Waals surface area contributed by atoms with Gasteiger partial charge < -0.3 is 18.8 Å². The number of aromatic nitrogens is 4. The molecule has 24 heavy (non-hydrogen) atoms. The van der Waals surface area contributed by atoms with Crippen molar-refractivity contribution >= 4 is 28.7 Å². The van der Waals surface area contributed by atoms with E-state index < -0.39 is 17.7 Å². The molecule has 0 aliphatic heterocycles. The van der Waals surface area contributed by atoms with Crippen LogP contribution in [0.2, 0.25) is 5.15 Å². The van der Waals surface area contributed by atoms with Crippen LogP contribution in [-0.2, 0) is 19.0 Å². The third-order valence-corrected chi connectivity index (χ3v) is 4.53. The van der Waals surface area contributed by atoms with E-state index in [1.165, 1.54) is 13.4 Å². The normalized spacial score (nSPS) is 22.3. The van der Waals surface area contributed by atoms with Crippen LogP contribution in [0.15, 0.2) is 12.7 Å². The lowest BCUT2D eigenvalue weighted by Crippen LogP contribution is -2.61. The van der Waals surface area contributed by atoms with Gasteiger partial charge in [0.1, 0.15) is 17.8 Å². The third kappa shape index (κ3) is 2.54. The summed E-state index contributed by atoms with van der Waals surface area (Å²) in [6.07, 6.45) is 3.46. The van der Waals surface area contributed by atoms with Gasteiger partial charge in [-0.1, -0.05) is 11.6 Å². The van der Waals surface area contributed by atoms with Crippen molar-refractivity contribution < 1.29 is 19.0 Å². The molecule has 0 saturated heterocycles. The van der Waals surface area contributed by atoms with Gasteiger partial charge in [0.25, 0.3) is 0 Å². The first kappa shape index (κ1) is 17.1. The van der Waals surface area contributed by atoms with Gasteiger partial charge >= 0.3 is 5.97 Å². The quantitative estimate of drug-likeness (QED) is 0.445. The molecule has 9 heteroatoms. The first-order chi connectivity index (χ1) is 11.6. The minimum Gasteiger partial charge on any atom is -0.469 e. The minimum absolute atomic E-state index is 0.244. The Morgan fingerprint density at radius 2 is 2.04 bits per heavy atom. The summed E-state index contributed by atoms with van der Waals surface area (Å²) in [5.74, 6) is -2.00. The number of hydrogen-bond acceptors (Lipinski definition) is 7. The lowest BCUT2D eigenvalue weighted by Gasteiger charge is -2.52. The lowest BCUT2D eigenvalue weighted by molar-refractivity contribution is -0.319. The molecule has 2 heterocycles. The molecule has 1 aliphatic rings. The number of imidazole rings is 1. The van der Waals surface area contributed by atoms with Crippen molar-refractivity contribution in [3.63, 3.8) is 0 Å². The summed E-state index contributed by atoms with van der Waals surface area (Å²) >= 11 is 6.05. The van der Waals surface area contributed by atoms with Crippen LogP contribution in [0, 0.1) is 5.92 Å². The van der Waals surface area contributed by atoms with Gasteiger partial charge in [0, 0.05) is 19.6 Å². The number of halogens is 1. The molecule has 0 aromatic carbocycles. The smallest absolute Gasteiger partial charge is 0.316 e. The zero-order valence-corrected chi connectivity index (χ0v) is 14.5. The van der Waals surface area contributed by atoms with Crippen LogP contribution in [0.1, 0.15) is 26.3 Å². The fraction of sp³-hybridized carbons (Fsp3) is 0.600. The Hall–Kier alpha value is -1.77. The van der Waals surface area contributed by atoms with Crippen molar-refractivity contribution in [2.24, 2.45) is 5.92 Å². The molecule has 3 rings (SSSR count). The molecule has 1 aliphatic carbocycles. The molecule has 0 unspecified atom stereocenters. The second-order valence-corrected chi connectivity index (χ2v) is 5.80. The predicted octanol–water partition coefficient (Wildman–Crippen LogP) is 1.98. The fourth-order valence-electron chi connectivity index (χ4n) is 3.29. The van der Waals surface area contributed by atoms with Gasteiger partial charge in [0.05, 0.1) is 19.5 Å². The minimum atomic E-state index is -0.991. The van der Waals surface area contributed by atoms with Crippen LogP contribution in [0.5, 0.6) is 0 Å². The molecule has 0 bridgehead atoms. The van der Waals surface area contributed by atoms with Crippen LogP contribution in [0.3, 0.4) is 0 Å². The summed E-state index contributed by atoms with van der Waals surface area (Å²) in [6.45, 7) is 4.59. The van der Waals surface area contributed by atoms with Gasteiger partial charge in [-0.3, -0.25) is 4.79 Å². The van der Waals surface area contributed by atoms with E-state index in [1.54, 1.807) is 10.9 Å². The van der Waals surface area contributed by atoms with Crippen molar-refractivity contribution in [1.82, 2.24) is 19.5 Å². The highest BCUT2D eigenvalue weighted by atomic mass is 35.5. The summed E-state index contributed by atoms with van der Waals surface area (Å²) in [7, 11) is 1.35. The SMILES string of the molecule is CCOC1(OCC)C[C@H](n2cnc3c(Cl)ncnc32)[C@H]1C(=O)OC. The first-order valence-corrected chi connectivity index (χ1v) is 8.14. The zero-order valence-electron chi connectivity index (χ0n) is 13.7. The Morgan fingerprint density at radius 1 is 1.33 bits per heavy atom. The molecule has 2 aromatic heterocycles. The monoisotopic (exact) mass is 354 g/mol. The van der Waals surface area contributed by atoms with Crippen LogP contribution in [0.25, 0.3) is 11.2 Å². The molecular formula is C15H19ClN4O4. The molecule has 2 aromatic rings. The maximum atomic E-state index is 12.4. The van der Waals surface area contributed by atoms with Crippen molar-refractivity contribution in [1.29, 1.82) is 0 Å². The van der Waals surface area contributed by atoms with E-state index in [0.717, 1.165) is 0 Å². The molecule has 0 amide bonds. The van der Waals surface area contributed by atoms with Gasteiger partial charge in [-0.25, -0.2) is 15.0 Å². The van der Waals surface area contributed by atoms with E-state index in [-0.39, 0.29) is 11.2 Å². The maximum Gasteiger partial charge on any atom is 0.316 e. The van der Waals surface area contributed by atoms with E-state index in [1.807, 2.05) is 13.8 Å². The van der Waals surface area contributed by atoms with E-state index in [2.05, 4.69) is 15.0 Å². The van der Waals surface area contributed by atoms with E-state index >= 15 is 0 Å². The standard InChI is InChI=1S/C15H19ClN4O4/c1-4-23-15(24-5-2)6-9(10(15)14(21)22-3)20-8-19-11-12(16)17-7-18-13(11)20/h7-10H,4-6H2,1-3H3/t9-,10-/m0/s1. The third-order valence-electron chi connectivity index (χ3n) is 4.26. The highest BCUT2D eigenvalue weighted by Crippen LogP contribution is 2.51. The van der Waals surface area contributed by atoms with E-state index in [0.29, 0.717) is 30.8 Å². The Morgan fingerprint density at radius 3 is 2.67 bits per heavy atom. The number of hydrogen-bond donors (Lipinski definition) is 0. The van der Waals surface area contributed by atoms with Crippen LogP contribution in [-0.4, -0.2) is 51.6 Å². The Kier molecular flexibility index (Phi) is 4.71. The highest BCUT2D eigenvalue weighted by Gasteiger charge is 2.61. The molecular weight excluding hydrogens is 336 g/mol. The average molecular weight is 355 g/mol. The summed E-state index contributed by atoms with van der Waals surface area (Å²) in [5, 5.41) is 0.272. The van der Waals surface area contributed by atoms with E-state index in [4.69, 9.17) is 25.8 Å². The number of fused-ring (bicyclic) bond motifs is 1. The Bertz CT molecular complexity index is 744. The van der Waals surface area contributed by atoms with Crippen LogP contribution < -0.4 is 0 Å². The summed E-state index contributed by atoms with van der Waals surface area (Å²) < 4.78 is 18.4. The summed E-state index contributed by atoms with van der Waals surface area (Å²) in [4.78, 5) is 24.8. The molecule has 1 fully saturated rings. The summed E-state index contributed by atoms with van der Waals surface area (Å²) in [5.41, 5.74) is 1.06. The maximum absolute atomic E-state index is 12.4. The number of ether oxygens (including phenoxy) is 3. The lowest BCUT2D eigenvalue weighted by atomic mass is 9.72. The highest BCUT2D eigenvalue weighted by molar-refractivity contribution is 6.33. The first-order valence-electron chi connectivity index (χ1n) is 7.76. The number of esters is 1. The second kappa shape index (κ2) is 6.62. The summed E-state index contributed by atoms with van der Waals surface area (Å²) in [6, 6.07) is -0.244. The Labute approximate surface area is 144 Å². The zero-order chi connectivity index (χ0) is 17.3. The molecule has 0 spiro atoms. The van der Waals surface area contributed by atoms with Gasteiger partial charge in [0.15, 0.2) is 16.6 Å².